The molecule has 1 N–H and O–H groups in total. The van der Waals surface area contributed by atoms with Gasteiger partial charge in [0.15, 0.2) is 0 Å². The van der Waals surface area contributed by atoms with E-state index in [-0.39, 0.29) is 5.92 Å². The first-order valence-electron chi connectivity index (χ1n) is 8.54. The number of benzene rings is 1. The van der Waals surface area contributed by atoms with Gasteiger partial charge in [0, 0.05) is 11.8 Å². The molecule has 0 aliphatic heterocycles. The third kappa shape index (κ3) is 9.99. The molecule has 1 unspecified atom stereocenters. The highest BCUT2D eigenvalue weighted by molar-refractivity contribution is 9.09. The summed E-state index contributed by atoms with van der Waals surface area (Å²) in [5, 5.41) is 10.2. The van der Waals surface area contributed by atoms with Crippen molar-refractivity contribution < 1.29 is 9.90 Å². The first-order chi connectivity index (χ1) is 10.7. The van der Waals surface area contributed by atoms with Crippen LogP contribution in [-0.2, 0) is 11.2 Å². The summed E-state index contributed by atoms with van der Waals surface area (Å²) in [6.45, 7) is 0. The van der Waals surface area contributed by atoms with E-state index >= 15 is 0 Å². The largest absolute Gasteiger partial charge is 0.481 e. The van der Waals surface area contributed by atoms with Gasteiger partial charge in [-0.25, -0.2) is 0 Å². The first kappa shape index (κ1) is 19.2. The zero-order valence-corrected chi connectivity index (χ0v) is 15.1. The average molecular weight is 369 g/mol. The standard InChI is InChI=1S/C19H29BrO2/c20-14-10-5-3-1-2-4-7-13-18(16-19(21)22)15-17-11-8-6-9-12-17/h6,8-9,11-12,18H,1-5,7,10,13-16H2,(H,21,22). The number of hydrogen-bond acceptors (Lipinski definition) is 1. The van der Waals surface area contributed by atoms with Crippen molar-refractivity contribution in [3.63, 3.8) is 0 Å². The number of alkyl halides is 1. The van der Waals surface area contributed by atoms with Crippen LogP contribution in [0.15, 0.2) is 30.3 Å². The molecule has 0 spiro atoms. The molecule has 2 nitrogen and oxygen atoms in total. The van der Waals surface area contributed by atoms with Gasteiger partial charge < -0.3 is 5.11 Å². The molecule has 0 fully saturated rings. The summed E-state index contributed by atoms with van der Waals surface area (Å²) in [4.78, 5) is 11.0. The molecule has 1 atom stereocenters. The summed E-state index contributed by atoms with van der Waals surface area (Å²) in [6, 6.07) is 10.3. The Morgan fingerprint density at radius 3 is 2.14 bits per heavy atom. The number of rotatable bonds is 13. The van der Waals surface area contributed by atoms with Gasteiger partial charge in [-0.15, -0.1) is 0 Å². The summed E-state index contributed by atoms with van der Waals surface area (Å²) in [6.07, 6.45) is 11.1. The molecule has 0 aliphatic carbocycles. The van der Waals surface area contributed by atoms with E-state index in [4.69, 9.17) is 5.11 Å². The smallest absolute Gasteiger partial charge is 0.303 e. The molecule has 22 heavy (non-hydrogen) atoms. The van der Waals surface area contributed by atoms with Crippen molar-refractivity contribution in [3.8, 4) is 0 Å². The number of carboxylic acids is 1. The average Bonchev–Trinajstić information content (AvgIpc) is 2.50. The Kier molecular flexibility index (Phi) is 11.1. The molecule has 0 aromatic heterocycles. The minimum absolute atomic E-state index is 0.272. The molecule has 124 valence electrons. The Balaban J connectivity index is 2.20. The van der Waals surface area contributed by atoms with Crippen LogP contribution >= 0.6 is 15.9 Å². The van der Waals surface area contributed by atoms with E-state index < -0.39 is 5.97 Å². The van der Waals surface area contributed by atoms with Gasteiger partial charge in [-0.1, -0.05) is 84.8 Å². The maximum Gasteiger partial charge on any atom is 0.303 e. The molecule has 0 amide bonds. The number of carboxylic acid groups (broad SMARTS) is 1. The van der Waals surface area contributed by atoms with Gasteiger partial charge in [-0.2, -0.15) is 0 Å². The zero-order valence-electron chi connectivity index (χ0n) is 13.5. The summed E-state index contributed by atoms with van der Waals surface area (Å²) < 4.78 is 0. The van der Waals surface area contributed by atoms with Gasteiger partial charge >= 0.3 is 5.97 Å². The molecule has 0 bridgehead atoms. The monoisotopic (exact) mass is 368 g/mol. The quantitative estimate of drug-likeness (QED) is 0.351. The van der Waals surface area contributed by atoms with Crippen LogP contribution in [0.5, 0.6) is 0 Å². The lowest BCUT2D eigenvalue weighted by molar-refractivity contribution is -0.138. The van der Waals surface area contributed by atoms with Crippen molar-refractivity contribution >= 4 is 21.9 Å². The van der Waals surface area contributed by atoms with Crippen molar-refractivity contribution in [1.82, 2.24) is 0 Å². The maximum absolute atomic E-state index is 11.0. The summed E-state index contributed by atoms with van der Waals surface area (Å²) >= 11 is 3.46. The van der Waals surface area contributed by atoms with Gasteiger partial charge in [-0.05, 0) is 30.7 Å². The van der Waals surface area contributed by atoms with Crippen molar-refractivity contribution in [2.45, 2.75) is 64.2 Å². The van der Waals surface area contributed by atoms with Crippen LogP contribution in [0.3, 0.4) is 0 Å². The second-order valence-electron chi connectivity index (χ2n) is 6.11. The van der Waals surface area contributed by atoms with E-state index in [0.29, 0.717) is 6.42 Å². The van der Waals surface area contributed by atoms with E-state index in [0.717, 1.165) is 24.6 Å². The van der Waals surface area contributed by atoms with Crippen LogP contribution in [0.4, 0.5) is 0 Å². The third-order valence-electron chi connectivity index (χ3n) is 4.08. The lowest BCUT2D eigenvalue weighted by Gasteiger charge is -2.15. The topological polar surface area (TPSA) is 37.3 Å². The fraction of sp³-hybridized carbons (Fsp3) is 0.632. The maximum atomic E-state index is 11.0. The van der Waals surface area contributed by atoms with Crippen molar-refractivity contribution in [1.29, 1.82) is 0 Å². The van der Waals surface area contributed by atoms with Crippen LogP contribution in [-0.4, -0.2) is 16.4 Å². The Morgan fingerprint density at radius 2 is 1.55 bits per heavy atom. The molecule has 0 aliphatic rings. The SMILES string of the molecule is O=C(O)CC(CCCCCCCCCBr)Cc1ccccc1. The highest BCUT2D eigenvalue weighted by Crippen LogP contribution is 2.20. The van der Waals surface area contributed by atoms with Crippen LogP contribution in [0.25, 0.3) is 0 Å². The number of carbonyl (C=O) groups is 1. The van der Waals surface area contributed by atoms with Crippen molar-refractivity contribution in [2.24, 2.45) is 5.92 Å². The van der Waals surface area contributed by atoms with Crippen LogP contribution in [0.1, 0.15) is 63.4 Å². The van der Waals surface area contributed by atoms with Gasteiger partial charge in [0.1, 0.15) is 0 Å². The fourth-order valence-corrected chi connectivity index (χ4v) is 3.28. The molecule has 0 saturated heterocycles. The molecular weight excluding hydrogens is 340 g/mol. The minimum Gasteiger partial charge on any atom is -0.481 e. The van der Waals surface area contributed by atoms with E-state index in [1.165, 1.54) is 44.1 Å². The van der Waals surface area contributed by atoms with Crippen molar-refractivity contribution in [2.75, 3.05) is 5.33 Å². The molecule has 1 aromatic carbocycles. The predicted molar refractivity (Wildman–Crippen MR) is 96.6 cm³/mol. The molecule has 0 radical (unpaired) electrons. The molecule has 1 rings (SSSR count). The minimum atomic E-state index is -0.671. The Labute approximate surface area is 143 Å². The second-order valence-corrected chi connectivity index (χ2v) is 6.90. The fourth-order valence-electron chi connectivity index (χ4n) is 2.88. The zero-order chi connectivity index (χ0) is 16.0. The second kappa shape index (κ2) is 12.7. The van der Waals surface area contributed by atoms with Crippen LogP contribution in [0, 0.1) is 5.92 Å². The normalized spacial score (nSPS) is 12.2. The first-order valence-corrected chi connectivity index (χ1v) is 9.66. The van der Waals surface area contributed by atoms with E-state index in [1.807, 2.05) is 18.2 Å². The number of hydrogen-bond donors (Lipinski definition) is 1. The Bertz CT molecular complexity index is 392. The lowest BCUT2D eigenvalue weighted by Crippen LogP contribution is -2.11. The van der Waals surface area contributed by atoms with Gasteiger partial charge in [0.25, 0.3) is 0 Å². The van der Waals surface area contributed by atoms with Crippen LogP contribution in [0.2, 0.25) is 0 Å². The lowest BCUT2D eigenvalue weighted by atomic mass is 9.91. The third-order valence-corrected chi connectivity index (χ3v) is 4.64. The van der Waals surface area contributed by atoms with E-state index in [2.05, 4.69) is 28.1 Å². The Morgan fingerprint density at radius 1 is 0.955 bits per heavy atom. The Hall–Kier alpha value is -0.830. The molecule has 0 heterocycles. The molecular formula is C19H29BrO2. The highest BCUT2D eigenvalue weighted by atomic mass is 79.9. The predicted octanol–water partition coefficient (Wildman–Crippen LogP) is 5.84. The van der Waals surface area contributed by atoms with E-state index in [9.17, 15) is 4.79 Å². The summed E-state index contributed by atoms with van der Waals surface area (Å²) in [7, 11) is 0. The molecule has 0 saturated carbocycles. The van der Waals surface area contributed by atoms with E-state index in [1.54, 1.807) is 0 Å². The summed E-state index contributed by atoms with van der Waals surface area (Å²) in [5.41, 5.74) is 1.25. The van der Waals surface area contributed by atoms with Gasteiger partial charge in [0.2, 0.25) is 0 Å². The van der Waals surface area contributed by atoms with Gasteiger partial charge in [0.05, 0.1) is 0 Å². The summed E-state index contributed by atoms with van der Waals surface area (Å²) in [5.74, 6) is -0.399. The van der Waals surface area contributed by atoms with Crippen molar-refractivity contribution in [3.05, 3.63) is 35.9 Å². The number of aliphatic carboxylic acids is 1. The molecule has 1 aromatic rings. The highest BCUT2D eigenvalue weighted by Gasteiger charge is 2.13. The van der Waals surface area contributed by atoms with Crippen LogP contribution < -0.4 is 0 Å². The number of unbranched alkanes of at least 4 members (excludes halogenated alkanes) is 6. The molecule has 3 heteroatoms. The number of halogens is 1. The van der Waals surface area contributed by atoms with Gasteiger partial charge in [-0.3, -0.25) is 4.79 Å².